The first kappa shape index (κ1) is 30.6. The van der Waals surface area contributed by atoms with Crippen LogP contribution in [0.3, 0.4) is 0 Å². The van der Waals surface area contributed by atoms with E-state index in [0.717, 1.165) is 5.56 Å². The molecule has 40 heavy (non-hydrogen) atoms. The quantitative estimate of drug-likeness (QED) is 0.120. The molecule has 3 aromatic rings. The van der Waals surface area contributed by atoms with Crippen LogP contribution < -0.4 is 36.4 Å². The molecule has 0 aromatic heterocycles. The predicted octanol–water partition coefficient (Wildman–Crippen LogP) is 3.25. The minimum atomic E-state index is -3.44. The Hall–Kier alpha value is -3.94. The zero-order valence-electron chi connectivity index (χ0n) is 22.9. The van der Waals surface area contributed by atoms with E-state index in [0.29, 0.717) is 60.8 Å². The Morgan fingerprint density at radius 2 is 1.65 bits per heavy atom. The third kappa shape index (κ3) is 9.07. The van der Waals surface area contributed by atoms with Crippen LogP contribution in [-0.2, 0) is 18.9 Å². The molecule has 0 aliphatic heterocycles. The SMILES string of the molecule is CNCCC(=O)NC(CCCCNC=O)C(=O)Nc1ccc(OP(=O)(c2ccccc2)c2cccc(C)c2)cc1. The summed E-state index contributed by atoms with van der Waals surface area (Å²) >= 11 is 0. The van der Waals surface area contributed by atoms with Gasteiger partial charge in [0.1, 0.15) is 11.8 Å². The number of anilines is 1. The number of hydrogen-bond acceptors (Lipinski definition) is 6. The molecule has 0 heterocycles. The Balaban J connectivity index is 1.72. The van der Waals surface area contributed by atoms with Crippen molar-refractivity contribution in [1.29, 1.82) is 0 Å². The third-order valence-corrected chi connectivity index (χ3v) is 8.60. The van der Waals surface area contributed by atoms with E-state index in [1.165, 1.54) is 0 Å². The van der Waals surface area contributed by atoms with Crippen molar-refractivity contribution in [2.24, 2.45) is 0 Å². The summed E-state index contributed by atoms with van der Waals surface area (Å²) in [5, 5.41) is 12.3. The minimum Gasteiger partial charge on any atom is -0.437 e. The Morgan fingerprint density at radius 1 is 0.925 bits per heavy atom. The molecule has 10 heteroatoms. The van der Waals surface area contributed by atoms with Gasteiger partial charge >= 0.3 is 7.37 Å². The van der Waals surface area contributed by atoms with Crippen LogP contribution in [0.15, 0.2) is 78.9 Å². The molecular formula is C30H37N4O5P. The normalized spacial score (nSPS) is 12.9. The van der Waals surface area contributed by atoms with Crippen LogP contribution in [0.2, 0.25) is 0 Å². The number of carbonyl (C=O) groups excluding carboxylic acids is 3. The molecule has 0 aliphatic carbocycles. The van der Waals surface area contributed by atoms with Gasteiger partial charge in [-0.3, -0.25) is 18.9 Å². The van der Waals surface area contributed by atoms with Crippen LogP contribution in [0.1, 0.15) is 31.2 Å². The average Bonchev–Trinajstić information content (AvgIpc) is 2.96. The summed E-state index contributed by atoms with van der Waals surface area (Å²) < 4.78 is 20.4. The molecule has 2 atom stereocenters. The van der Waals surface area contributed by atoms with Gasteiger partial charge < -0.3 is 25.8 Å². The number of unbranched alkanes of at least 4 members (excludes halogenated alkanes) is 1. The summed E-state index contributed by atoms with van der Waals surface area (Å²) in [6, 6.07) is 22.5. The summed E-state index contributed by atoms with van der Waals surface area (Å²) in [6.45, 7) is 2.94. The fourth-order valence-electron chi connectivity index (χ4n) is 4.08. The van der Waals surface area contributed by atoms with Crippen LogP contribution in [0.4, 0.5) is 5.69 Å². The minimum absolute atomic E-state index is 0.225. The maximum absolute atomic E-state index is 14.3. The van der Waals surface area contributed by atoms with Crippen molar-refractivity contribution in [2.45, 2.75) is 38.6 Å². The van der Waals surface area contributed by atoms with E-state index < -0.39 is 13.4 Å². The van der Waals surface area contributed by atoms with Crippen molar-refractivity contribution in [3.8, 4) is 5.75 Å². The molecule has 0 saturated heterocycles. The highest BCUT2D eigenvalue weighted by atomic mass is 31.2. The lowest BCUT2D eigenvalue weighted by atomic mass is 10.1. The summed E-state index contributed by atoms with van der Waals surface area (Å²) in [6.07, 6.45) is 2.64. The van der Waals surface area contributed by atoms with Crippen molar-refractivity contribution >= 4 is 41.9 Å². The molecule has 0 fully saturated rings. The van der Waals surface area contributed by atoms with Gasteiger partial charge in [0, 0.05) is 25.2 Å². The molecule has 4 N–H and O–H groups in total. The van der Waals surface area contributed by atoms with Crippen LogP contribution in [0.25, 0.3) is 0 Å². The van der Waals surface area contributed by atoms with Gasteiger partial charge in [-0.15, -0.1) is 0 Å². The molecule has 0 aliphatic rings. The van der Waals surface area contributed by atoms with E-state index in [-0.39, 0.29) is 18.2 Å². The summed E-state index contributed by atoms with van der Waals surface area (Å²) in [4.78, 5) is 35.8. The van der Waals surface area contributed by atoms with Crippen LogP contribution in [0, 0.1) is 6.92 Å². The number of amides is 3. The smallest absolute Gasteiger partial charge is 0.306 e. The number of nitrogens with one attached hydrogen (secondary N) is 4. The first-order valence-corrected chi connectivity index (χ1v) is 14.9. The molecule has 3 amide bonds. The van der Waals surface area contributed by atoms with Gasteiger partial charge in [0.25, 0.3) is 0 Å². The number of rotatable bonds is 16. The first-order valence-electron chi connectivity index (χ1n) is 13.3. The molecule has 0 spiro atoms. The fraction of sp³-hybridized carbons (Fsp3) is 0.300. The van der Waals surface area contributed by atoms with Gasteiger partial charge in [0.05, 0.1) is 10.6 Å². The van der Waals surface area contributed by atoms with Crippen molar-refractivity contribution in [2.75, 3.05) is 25.5 Å². The summed E-state index contributed by atoms with van der Waals surface area (Å²) in [5.41, 5.74) is 1.49. The van der Waals surface area contributed by atoms with Gasteiger partial charge in [-0.2, -0.15) is 0 Å². The highest BCUT2D eigenvalue weighted by molar-refractivity contribution is 7.74. The lowest BCUT2D eigenvalue weighted by molar-refractivity contribution is -0.126. The van der Waals surface area contributed by atoms with E-state index in [1.807, 2.05) is 43.3 Å². The molecule has 0 bridgehead atoms. The molecular weight excluding hydrogens is 527 g/mol. The Kier molecular flexibility index (Phi) is 11.9. The van der Waals surface area contributed by atoms with Crippen molar-refractivity contribution in [1.82, 2.24) is 16.0 Å². The third-order valence-electron chi connectivity index (χ3n) is 6.19. The van der Waals surface area contributed by atoms with Crippen molar-refractivity contribution in [3.05, 3.63) is 84.4 Å². The monoisotopic (exact) mass is 564 g/mol. The standard InChI is InChI=1S/C30H37N4O5P/c1-23-9-8-12-27(21-23)40(38,26-10-4-3-5-11-26)39-25-16-14-24(15-17-25)33-30(37)28(13-6-7-19-32-22-35)34-29(36)18-20-31-2/h3-5,8-12,14-17,21-22,28,31H,6-7,13,18-20H2,1-2H3,(H,32,35)(H,33,37)(H,34,36). The van der Waals surface area contributed by atoms with Crippen molar-refractivity contribution < 1.29 is 23.5 Å². The Bertz CT molecular complexity index is 1300. The van der Waals surface area contributed by atoms with Gasteiger partial charge in [-0.25, -0.2) is 0 Å². The van der Waals surface area contributed by atoms with Gasteiger partial charge in [-0.1, -0.05) is 35.9 Å². The van der Waals surface area contributed by atoms with Crippen LogP contribution in [-0.4, -0.2) is 44.4 Å². The average molecular weight is 565 g/mol. The van der Waals surface area contributed by atoms with Gasteiger partial charge in [0.2, 0.25) is 18.2 Å². The molecule has 2 unspecified atom stereocenters. The molecule has 0 saturated carbocycles. The Morgan fingerprint density at radius 3 is 2.33 bits per heavy atom. The maximum atomic E-state index is 14.3. The van der Waals surface area contributed by atoms with Crippen molar-refractivity contribution in [3.63, 3.8) is 0 Å². The topological polar surface area (TPSA) is 126 Å². The molecule has 3 aromatic carbocycles. The summed E-state index contributed by atoms with van der Waals surface area (Å²) in [5.74, 6) is -0.173. The lowest BCUT2D eigenvalue weighted by Gasteiger charge is -2.21. The van der Waals surface area contributed by atoms with Crippen LogP contribution >= 0.6 is 7.37 Å². The number of carbonyl (C=O) groups is 3. The van der Waals surface area contributed by atoms with E-state index in [4.69, 9.17) is 4.52 Å². The second kappa shape index (κ2) is 15.6. The number of aryl methyl sites for hydroxylation is 1. The molecule has 0 radical (unpaired) electrons. The molecule has 9 nitrogen and oxygen atoms in total. The van der Waals surface area contributed by atoms with Crippen LogP contribution in [0.5, 0.6) is 5.75 Å². The fourth-order valence-corrected chi connectivity index (χ4v) is 6.22. The molecule has 3 rings (SSSR count). The first-order chi connectivity index (χ1) is 19.4. The largest absolute Gasteiger partial charge is 0.437 e. The second-order valence-electron chi connectivity index (χ2n) is 9.37. The molecule has 212 valence electrons. The van der Waals surface area contributed by atoms with E-state index in [1.54, 1.807) is 49.5 Å². The number of benzene rings is 3. The highest BCUT2D eigenvalue weighted by Gasteiger charge is 2.30. The van der Waals surface area contributed by atoms with Gasteiger partial charge in [0.15, 0.2) is 0 Å². The second-order valence-corrected chi connectivity index (χ2v) is 11.7. The predicted molar refractivity (Wildman–Crippen MR) is 159 cm³/mol. The lowest BCUT2D eigenvalue weighted by Crippen LogP contribution is -2.44. The highest BCUT2D eigenvalue weighted by Crippen LogP contribution is 2.45. The van der Waals surface area contributed by atoms with E-state index in [9.17, 15) is 18.9 Å². The summed E-state index contributed by atoms with van der Waals surface area (Å²) in [7, 11) is -1.69. The Labute approximate surface area is 235 Å². The zero-order chi connectivity index (χ0) is 28.8. The van der Waals surface area contributed by atoms with E-state index >= 15 is 0 Å². The maximum Gasteiger partial charge on any atom is 0.306 e. The van der Waals surface area contributed by atoms with E-state index in [2.05, 4.69) is 21.3 Å². The van der Waals surface area contributed by atoms with Gasteiger partial charge in [-0.05, 0) is 81.8 Å². The zero-order valence-corrected chi connectivity index (χ0v) is 23.8. The number of hydrogen-bond donors (Lipinski definition) is 4.